The van der Waals surface area contributed by atoms with Gasteiger partial charge in [0.05, 0.1) is 27.2 Å². The number of hydrogen-bond acceptors (Lipinski definition) is 1. The zero-order valence-electron chi connectivity index (χ0n) is 19.7. The van der Waals surface area contributed by atoms with Gasteiger partial charge >= 0.3 is 0 Å². The number of unbranched alkanes of at least 4 members (excludes halogenated alkanes) is 13. The van der Waals surface area contributed by atoms with Crippen molar-refractivity contribution in [2.45, 2.75) is 110 Å². The molecule has 0 aromatic rings. The lowest BCUT2D eigenvalue weighted by molar-refractivity contribution is -0.890. The molecule has 0 fully saturated rings. The Morgan fingerprint density at radius 3 is 1.61 bits per heavy atom. The Morgan fingerprint density at radius 1 is 0.714 bits per heavy atom. The molecule has 1 amide bonds. The molecule has 0 heterocycles. The van der Waals surface area contributed by atoms with Gasteiger partial charge in [0, 0.05) is 13.0 Å². The number of allylic oxidation sites excluding steroid dienone is 1. The van der Waals surface area contributed by atoms with Crippen LogP contribution >= 0.6 is 0 Å². The average molecular weight is 396 g/mol. The van der Waals surface area contributed by atoms with Crippen LogP contribution in [0.2, 0.25) is 0 Å². The van der Waals surface area contributed by atoms with E-state index in [1.54, 1.807) is 12.2 Å². The first-order chi connectivity index (χ1) is 13.5. The molecule has 0 spiro atoms. The molecule has 0 radical (unpaired) electrons. The molecule has 0 saturated heterocycles. The van der Waals surface area contributed by atoms with Crippen molar-refractivity contribution in [1.29, 1.82) is 0 Å². The highest BCUT2D eigenvalue weighted by Gasteiger charge is 2.13. The van der Waals surface area contributed by atoms with E-state index in [1.165, 1.54) is 96.4 Å². The maximum absolute atomic E-state index is 11.4. The van der Waals surface area contributed by atoms with Crippen molar-refractivity contribution in [3.8, 4) is 0 Å². The summed E-state index contributed by atoms with van der Waals surface area (Å²) in [5.41, 5.74) is 0. The first-order valence-electron chi connectivity index (χ1n) is 12.2. The SMILES string of the molecule is CC=CC(=O)NCCC[N+](C)(C)CCCCCCCCCCCCCCCC. The summed E-state index contributed by atoms with van der Waals surface area (Å²) >= 11 is 0. The molecule has 0 atom stereocenters. The monoisotopic (exact) mass is 395 g/mol. The van der Waals surface area contributed by atoms with E-state index in [1.807, 2.05) is 6.92 Å². The van der Waals surface area contributed by atoms with Crippen molar-refractivity contribution in [3.05, 3.63) is 12.2 Å². The van der Waals surface area contributed by atoms with Gasteiger partial charge < -0.3 is 9.80 Å². The van der Waals surface area contributed by atoms with Gasteiger partial charge in [-0.05, 0) is 25.8 Å². The van der Waals surface area contributed by atoms with Crippen LogP contribution in [0.3, 0.4) is 0 Å². The van der Waals surface area contributed by atoms with Gasteiger partial charge in [-0.3, -0.25) is 4.79 Å². The van der Waals surface area contributed by atoms with Crippen molar-refractivity contribution in [2.75, 3.05) is 33.7 Å². The van der Waals surface area contributed by atoms with Gasteiger partial charge in [-0.2, -0.15) is 0 Å². The Hall–Kier alpha value is -0.830. The molecule has 0 aromatic heterocycles. The van der Waals surface area contributed by atoms with Crippen molar-refractivity contribution < 1.29 is 9.28 Å². The van der Waals surface area contributed by atoms with Crippen molar-refractivity contribution in [1.82, 2.24) is 5.32 Å². The molecule has 0 aromatic carbocycles. The van der Waals surface area contributed by atoms with Crippen molar-refractivity contribution >= 4 is 5.91 Å². The van der Waals surface area contributed by atoms with E-state index < -0.39 is 0 Å². The van der Waals surface area contributed by atoms with Crippen LogP contribution in [-0.4, -0.2) is 44.1 Å². The third kappa shape index (κ3) is 19.9. The number of nitrogens with zero attached hydrogens (tertiary/aromatic N) is 1. The molecular weight excluding hydrogens is 344 g/mol. The van der Waals surface area contributed by atoms with Gasteiger partial charge in [0.2, 0.25) is 5.91 Å². The number of nitrogens with one attached hydrogen (secondary N) is 1. The maximum Gasteiger partial charge on any atom is 0.243 e. The van der Waals surface area contributed by atoms with E-state index in [0.717, 1.165) is 24.0 Å². The standard InChI is InChI=1S/C25H50N2O/c1-5-7-8-9-10-11-12-13-14-15-16-17-18-19-23-27(3,4)24-20-22-26-25(28)21-6-2/h6,21H,5,7-20,22-24H2,1-4H3/p+1. The smallest absolute Gasteiger partial charge is 0.243 e. The second-order valence-electron chi connectivity index (χ2n) is 9.12. The average Bonchev–Trinajstić information content (AvgIpc) is 2.66. The number of quaternary nitrogens is 1. The van der Waals surface area contributed by atoms with E-state index in [2.05, 4.69) is 26.3 Å². The second kappa shape index (κ2) is 19.5. The topological polar surface area (TPSA) is 29.1 Å². The zero-order chi connectivity index (χ0) is 20.9. The number of carbonyl (C=O) groups excluding carboxylic acids is 1. The van der Waals surface area contributed by atoms with E-state index in [4.69, 9.17) is 0 Å². The minimum Gasteiger partial charge on any atom is -0.352 e. The fraction of sp³-hybridized carbons (Fsp3) is 0.880. The normalized spacial score (nSPS) is 12.0. The summed E-state index contributed by atoms with van der Waals surface area (Å²) in [6.07, 6.45) is 24.3. The minimum absolute atomic E-state index is 0.0276. The number of hydrogen-bond donors (Lipinski definition) is 1. The van der Waals surface area contributed by atoms with Crippen LogP contribution in [0.15, 0.2) is 12.2 Å². The van der Waals surface area contributed by atoms with Gasteiger partial charge in [0.25, 0.3) is 0 Å². The Bertz CT molecular complexity index is 377. The van der Waals surface area contributed by atoms with Crippen LogP contribution in [0.25, 0.3) is 0 Å². The highest BCUT2D eigenvalue weighted by atomic mass is 16.1. The third-order valence-electron chi connectivity index (χ3n) is 5.67. The molecule has 0 unspecified atom stereocenters. The highest BCUT2D eigenvalue weighted by Crippen LogP contribution is 2.13. The molecule has 0 aliphatic heterocycles. The van der Waals surface area contributed by atoms with Crippen LogP contribution < -0.4 is 5.32 Å². The van der Waals surface area contributed by atoms with E-state index in [9.17, 15) is 4.79 Å². The molecule has 1 N–H and O–H groups in total. The van der Waals surface area contributed by atoms with Crippen LogP contribution in [0.4, 0.5) is 0 Å². The molecule has 166 valence electrons. The van der Waals surface area contributed by atoms with Gasteiger partial charge in [0.1, 0.15) is 0 Å². The third-order valence-corrected chi connectivity index (χ3v) is 5.67. The molecule has 3 heteroatoms. The van der Waals surface area contributed by atoms with Gasteiger partial charge in [0.15, 0.2) is 0 Å². The first-order valence-corrected chi connectivity index (χ1v) is 12.2. The van der Waals surface area contributed by atoms with E-state index >= 15 is 0 Å². The van der Waals surface area contributed by atoms with Crippen LogP contribution in [-0.2, 0) is 4.79 Å². The van der Waals surface area contributed by atoms with Crippen molar-refractivity contribution in [2.24, 2.45) is 0 Å². The lowest BCUT2D eigenvalue weighted by Gasteiger charge is -2.30. The Labute approximate surface area is 176 Å². The van der Waals surface area contributed by atoms with E-state index in [0.29, 0.717) is 0 Å². The van der Waals surface area contributed by atoms with Crippen molar-refractivity contribution in [3.63, 3.8) is 0 Å². The molecule has 3 nitrogen and oxygen atoms in total. The number of rotatable bonds is 20. The summed E-state index contributed by atoms with van der Waals surface area (Å²) in [5.74, 6) is 0.0276. The lowest BCUT2D eigenvalue weighted by Crippen LogP contribution is -2.42. The Balaban J connectivity index is 3.36. The summed E-state index contributed by atoms with van der Waals surface area (Å²) in [7, 11) is 4.63. The second-order valence-corrected chi connectivity index (χ2v) is 9.12. The van der Waals surface area contributed by atoms with Crippen LogP contribution in [0.5, 0.6) is 0 Å². The van der Waals surface area contributed by atoms with Gasteiger partial charge in [-0.1, -0.05) is 90.0 Å². The molecular formula is C25H51N2O+. The largest absolute Gasteiger partial charge is 0.352 e. The highest BCUT2D eigenvalue weighted by molar-refractivity contribution is 5.87. The van der Waals surface area contributed by atoms with Crippen LogP contribution in [0, 0.1) is 0 Å². The number of carbonyl (C=O) groups is 1. The molecule has 0 saturated carbocycles. The van der Waals surface area contributed by atoms with Crippen LogP contribution in [0.1, 0.15) is 110 Å². The summed E-state index contributed by atoms with van der Waals surface area (Å²) < 4.78 is 1.07. The summed E-state index contributed by atoms with van der Waals surface area (Å²) in [5, 5.41) is 2.94. The fourth-order valence-corrected chi connectivity index (χ4v) is 3.78. The summed E-state index contributed by atoms with van der Waals surface area (Å²) in [6, 6.07) is 0. The quantitative estimate of drug-likeness (QED) is 0.140. The Morgan fingerprint density at radius 2 is 1.14 bits per heavy atom. The number of amides is 1. The predicted molar refractivity (Wildman–Crippen MR) is 125 cm³/mol. The summed E-state index contributed by atoms with van der Waals surface area (Å²) in [6.45, 7) is 7.32. The lowest BCUT2D eigenvalue weighted by atomic mass is 10.0. The minimum atomic E-state index is 0.0276. The van der Waals surface area contributed by atoms with Gasteiger partial charge in [-0.25, -0.2) is 0 Å². The predicted octanol–water partition coefficient (Wildman–Crippen LogP) is 6.63. The molecule has 0 aliphatic carbocycles. The van der Waals surface area contributed by atoms with Gasteiger partial charge in [-0.15, -0.1) is 0 Å². The molecule has 0 aliphatic rings. The summed E-state index contributed by atoms with van der Waals surface area (Å²) in [4.78, 5) is 11.4. The van der Waals surface area contributed by atoms with E-state index in [-0.39, 0.29) is 5.91 Å². The molecule has 0 rings (SSSR count). The molecule has 28 heavy (non-hydrogen) atoms. The fourth-order valence-electron chi connectivity index (χ4n) is 3.78. The zero-order valence-corrected chi connectivity index (χ0v) is 19.7. The Kier molecular flexibility index (Phi) is 18.9. The molecule has 0 bridgehead atoms. The first kappa shape index (κ1) is 27.2. The maximum atomic E-state index is 11.4.